The van der Waals surface area contributed by atoms with Crippen LogP contribution in [0.3, 0.4) is 0 Å². The molecule has 2 heterocycles. The number of hydrogen-bond donors (Lipinski definition) is 1. The SMILES string of the molecule is Cc1oc2c(CN3CC(C)CC(C)C3)c(O)ccc2c(=O)c1-c1ccccc1. The van der Waals surface area contributed by atoms with Crippen molar-refractivity contribution in [3.63, 3.8) is 0 Å². The Bertz CT molecular complexity index is 1040. The summed E-state index contributed by atoms with van der Waals surface area (Å²) < 4.78 is 6.15. The molecule has 0 spiro atoms. The summed E-state index contributed by atoms with van der Waals surface area (Å²) in [6.07, 6.45) is 1.23. The zero-order chi connectivity index (χ0) is 19.8. The van der Waals surface area contributed by atoms with E-state index in [1.54, 1.807) is 12.1 Å². The number of fused-ring (bicyclic) bond motifs is 1. The second-order valence-electron chi connectivity index (χ2n) is 8.31. The van der Waals surface area contributed by atoms with Gasteiger partial charge in [-0.1, -0.05) is 44.2 Å². The van der Waals surface area contributed by atoms with Crippen molar-refractivity contribution in [1.82, 2.24) is 4.90 Å². The van der Waals surface area contributed by atoms with Gasteiger partial charge in [-0.25, -0.2) is 0 Å². The van der Waals surface area contributed by atoms with Crippen LogP contribution in [-0.4, -0.2) is 23.1 Å². The Morgan fingerprint density at radius 3 is 2.43 bits per heavy atom. The highest BCUT2D eigenvalue weighted by molar-refractivity contribution is 5.86. The average molecular weight is 377 g/mol. The number of likely N-dealkylation sites (tertiary alicyclic amines) is 1. The first-order valence-electron chi connectivity index (χ1n) is 10.00. The molecule has 0 radical (unpaired) electrons. The molecule has 1 fully saturated rings. The predicted octanol–water partition coefficient (Wildman–Crippen LogP) is 4.95. The van der Waals surface area contributed by atoms with Crippen LogP contribution in [0.4, 0.5) is 0 Å². The molecule has 0 aliphatic carbocycles. The molecule has 1 saturated heterocycles. The molecule has 4 heteroatoms. The van der Waals surface area contributed by atoms with E-state index in [0.29, 0.717) is 46.2 Å². The summed E-state index contributed by atoms with van der Waals surface area (Å²) in [5.74, 6) is 2.02. The van der Waals surface area contributed by atoms with Crippen LogP contribution >= 0.6 is 0 Å². The molecule has 3 aromatic rings. The maximum Gasteiger partial charge on any atom is 0.200 e. The van der Waals surface area contributed by atoms with Gasteiger partial charge in [-0.3, -0.25) is 9.69 Å². The van der Waals surface area contributed by atoms with Crippen LogP contribution in [0.2, 0.25) is 0 Å². The number of aromatic hydroxyl groups is 1. The Balaban J connectivity index is 1.82. The molecule has 2 atom stereocenters. The van der Waals surface area contributed by atoms with Crippen molar-refractivity contribution in [2.24, 2.45) is 11.8 Å². The topological polar surface area (TPSA) is 53.7 Å². The summed E-state index contributed by atoms with van der Waals surface area (Å²) in [6.45, 7) is 8.92. The van der Waals surface area contributed by atoms with Crippen LogP contribution < -0.4 is 5.43 Å². The van der Waals surface area contributed by atoms with Crippen LogP contribution in [0.5, 0.6) is 5.75 Å². The molecule has 146 valence electrons. The maximum atomic E-state index is 13.3. The van der Waals surface area contributed by atoms with Crippen molar-refractivity contribution in [3.8, 4) is 16.9 Å². The number of phenolic OH excluding ortho intramolecular Hbond substituents is 1. The number of phenols is 1. The first-order chi connectivity index (χ1) is 13.4. The van der Waals surface area contributed by atoms with Crippen LogP contribution in [0, 0.1) is 18.8 Å². The summed E-state index contributed by atoms with van der Waals surface area (Å²) in [4.78, 5) is 15.6. The van der Waals surface area contributed by atoms with Gasteiger partial charge in [0.15, 0.2) is 0 Å². The Morgan fingerprint density at radius 2 is 1.75 bits per heavy atom. The molecule has 0 bridgehead atoms. The molecule has 0 saturated carbocycles. The molecular weight excluding hydrogens is 350 g/mol. The Labute approximate surface area is 165 Å². The fraction of sp³-hybridized carbons (Fsp3) is 0.375. The molecule has 1 aromatic heterocycles. The van der Waals surface area contributed by atoms with Gasteiger partial charge in [0, 0.05) is 19.6 Å². The summed E-state index contributed by atoms with van der Waals surface area (Å²) in [7, 11) is 0. The Kier molecular flexibility index (Phi) is 4.98. The van der Waals surface area contributed by atoms with Crippen molar-refractivity contribution in [1.29, 1.82) is 0 Å². The first kappa shape index (κ1) is 18.8. The number of benzene rings is 2. The standard InChI is InChI=1S/C24H27NO3/c1-15-11-16(2)13-25(12-15)14-20-21(26)10-9-19-23(27)22(17(3)28-24(19)20)18-7-5-4-6-8-18/h4-10,15-16,26H,11-14H2,1-3H3. The largest absolute Gasteiger partial charge is 0.507 e. The van der Waals surface area contributed by atoms with E-state index in [1.165, 1.54) is 6.42 Å². The van der Waals surface area contributed by atoms with E-state index in [1.807, 2.05) is 37.3 Å². The van der Waals surface area contributed by atoms with Gasteiger partial charge < -0.3 is 9.52 Å². The van der Waals surface area contributed by atoms with Gasteiger partial charge in [0.05, 0.1) is 16.5 Å². The van der Waals surface area contributed by atoms with E-state index in [-0.39, 0.29) is 11.2 Å². The van der Waals surface area contributed by atoms with Crippen molar-refractivity contribution in [3.05, 3.63) is 64.0 Å². The molecule has 4 rings (SSSR count). The summed E-state index contributed by atoms with van der Waals surface area (Å²) in [6, 6.07) is 12.9. The molecule has 1 aliphatic heterocycles. The third-order valence-electron chi connectivity index (χ3n) is 5.70. The van der Waals surface area contributed by atoms with E-state index in [4.69, 9.17) is 4.42 Å². The maximum absolute atomic E-state index is 13.3. The van der Waals surface area contributed by atoms with Gasteiger partial charge in [-0.15, -0.1) is 0 Å². The van der Waals surface area contributed by atoms with Gasteiger partial charge in [0.1, 0.15) is 17.1 Å². The zero-order valence-electron chi connectivity index (χ0n) is 16.7. The van der Waals surface area contributed by atoms with Crippen LogP contribution in [0.25, 0.3) is 22.1 Å². The minimum atomic E-state index is -0.0495. The van der Waals surface area contributed by atoms with Crippen molar-refractivity contribution in [2.75, 3.05) is 13.1 Å². The number of rotatable bonds is 3. The lowest BCUT2D eigenvalue weighted by Crippen LogP contribution is -2.38. The van der Waals surface area contributed by atoms with Gasteiger partial charge in [-0.2, -0.15) is 0 Å². The van der Waals surface area contributed by atoms with Crippen LogP contribution in [0.15, 0.2) is 51.7 Å². The van der Waals surface area contributed by atoms with E-state index >= 15 is 0 Å². The Morgan fingerprint density at radius 1 is 1.07 bits per heavy atom. The molecule has 2 unspecified atom stereocenters. The molecule has 1 aliphatic rings. The van der Waals surface area contributed by atoms with E-state index in [9.17, 15) is 9.90 Å². The lowest BCUT2D eigenvalue weighted by molar-refractivity contribution is 0.133. The lowest BCUT2D eigenvalue weighted by Gasteiger charge is -2.35. The van der Waals surface area contributed by atoms with Crippen LogP contribution in [0.1, 0.15) is 31.6 Å². The van der Waals surface area contributed by atoms with Gasteiger partial charge in [0.25, 0.3) is 0 Å². The van der Waals surface area contributed by atoms with E-state index in [0.717, 1.165) is 18.7 Å². The van der Waals surface area contributed by atoms with Gasteiger partial charge in [0.2, 0.25) is 5.43 Å². The smallest absolute Gasteiger partial charge is 0.200 e. The highest BCUT2D eigenvalue weighted by Crippen LogP contribution is 2.32. The second kappa shape index (κ2) is 7.44. The first-order valence-corrected chi connectivity index (χ1v) is 10.00. The number of nitrogens with zero attached hydrogens (tertiary/aromatic N) is 1. The normalized spacial score (nSPS) is 20.5. The third kappa shape index (κ3) is 3.45. The highest BCUT2D eigenvalue weighted by atomic mass is 16.3. The average Bonchev–Trinajstić information content (AvgIpc) is 2.64. The van der Waals surface area contributed by atoms with Crippen molar-refractivity contribution < 1.29 is 9.52 Å². The molecule has 4 nitrogen and oxygen atoms in total. The lowest BCUT2D eigenvalue weighted by atomic mass is 9.91. The summed E-state index contributed by atoms with van der Waals surface area (Å²) in [5, 5.41) is 11.1. The predicted molar refractivity (Wildman–Crippen MR) is 113 cm³/mol. The zero-order valence-corrected chi connectivity index (χ0v) is 16.7. The minimum Gasteiger partial charge on any atom is -0.507 e. The van der Waals surface area contributed by atoms with Crippen molar-refractivity contribution in [2.45, 2.75) is 33.7 Å². The highest BCUT2D eigenvalue weighted by Gasteiger charge is 2.25. The molecule has 28 heavy (non-hydrogen) atoms. The van der Waals surface area contributed by atoms with Crippen molar-refractivity contribution >= 4 is 11.0 Å². The summed E-state index contributed by atoms with van der Waals surface area (Å²) >= 11 is 0. The molecule has 0 amide bonds. The quantitative estimate of drug-likeness (QED) is 0.701. The third-order valence-corrected chi connectivity index (χ3v) is 5.70. The fourth-order valence-corrected chi connectivity index (χ4v) is 4.65. The van der Waals surface area contributed by atoms with E-state index < -0.39 is 0 Å². The fourth-order valence-electron chi connectivity index (χ4n) is 4.65. The van der Waals surface area contributed by atoms with Crippen LogP contribution in [-0.2, 0) is 6.54 Å². The van der Waals surface area contributed by atoms with Gasteiger partial charge >= 0.3 is 0 Å². The number of piperidine rings is 1. The monoisotopic (exact) mass is 377 g/mol. The second-order valence-corrected chi connectivity index (χ2v) is 8.31. The Hall–Kier alpha value is -2.59. The number of hydrogen-bond acceptors (Lipinski definition) is 4. The molecular formula is C24H27NO3. The number of aryl methyl sites for hydroxylation is 1. The summed E-state index contributed by atoms with van der Waals surface area (Å²) in [5.41, 5.74) is 2.60. The van der Waals surface area contributed by atoms with E-state index in [2.05, 4.69) is 18.7 Å². The van der Waals surface area contributed by atoms with Gasteiger partial charge in [-0.05, 0) is 42.9 Å². The molecule has 1 N–H and O–H groups in total. The minimum absolute atomic E-state index is 0.0495. The molecule has 2 aromatic carbocycles.